The van der Waals surface area contributed by atoms with Crippen molar-refractivity contribution in [3.63, 3.8) is 0 Å². The summed E-state index contributed by atoms with van der Waals surface area (Å²) < 4.78 is 5.22. The van der Waals surface area contributed by atoms with Gasteiger partial charge in [-0.2, -0.15) is 0 Å². The molecule has 2 atom stereocenters. The van der Waals surface area contributed by atoms with E-state index in [2.05, 4.69) is 17.4 Å². The maximum Gasteiger partial charge on any atom is 0.119 e. The molecule has 0 heterocycles. The van der Waals surface area contributed by atoms with Gasteiger partial charge in [0.2, 0.25) is 0 Å². The third kappa shape index (κ3) is 5.27. The van der Waals surface area contributed by atoms with E-state index in [-0.39, 0.29) is 11.8 Å². The summed E-state index contributed by atoms with van der Waals surface area (Å²) in [6, 6.07) is 14.7. The zero-order valence-electron chi connectivity index (χ0n) is 13.7. The fraction of sp³-hybridized carbons (Fsp3) is 0.368. The summed E-state index contributed by atoms with van der Waals surface area (Å²) in [6.07, 6.45) is 1.36. The van der Waals surface area contributed by atoms with Crippen LogP contribution in [0.2, 0.25) is 0 Å². The average molecular weight is 315 g/mol. The van der Waals surface area contributed by atoms with Crippen molar-refractivity contribution in [3.05, 3.63) is 59.7 Å². The SMILES string of the molecule is COc1cccc(CCCNC(C)C(O)c2ccc(O)cc2)c1. The number of ether oxygens (including phenoxy) is 1. The molecule has 4 heteroatoms. The summed E-state index contributed by atoms with van der Waals surface area (Å²) in [5.74, 6) is 1.09. The molecule has 0 aliphatic rings. The quantitative estimate of drug-likeness (QED) is 0.655. The Balaban J connectivity index is 1.75. The largest absolute Gasteiger partial charge is 0.508 e. The van der Waals surface area contributed by atoms with Crippen molar-refractivity contribution in [3.8, 4) is 11.5 Å². The molecule has 0 bridgehead atoms. The van der Waals surface area contributed by atoms with Crippen LogP contribution in [0.25, 0.3) is 0 Å². The summed E-state index contributed by atoms with van der Waals surface area (Å²) in [5.41, 5.74) is 2.05. The van der Waals surface area contributed by atoms with E-state index in [9.17, 15) is 10.2 Å². The highest BCUT2D eigenvalue weighted by Gasteiger charge is 2.15. The molecule has 0 aliphatic heterocycles. The van der Waals surface area contributed by atoms with Crippen LogP contribution >= 0.6 is 0 Å². The van der Waals surface area contributed by atoms with Crippen molar-refractivity contribution in [1.29, 1.82) is 0 Å². The smallest absolute Gasteiger partial charge is 0.119 e. The molecule has 2 rings (SSSR count). The van der Waals surface area contributed by atoms with E-state index < -0.39 is 6.10 Å². The first-order valence-corrected chi connectivity index (χ1v) is 7.93. The Kier molecular flexibility index (Phi) is 6.44. The van der Waals surface area contributed by atoms with Crippen LogP contribution < -0.4 is 10.1 Å². The predicted octanol–water partition coefficient (Wildman–Crippen LogP) is 3.05. The van der Waals surface area contributed by atoms with Gasteiger partial charge >= 0.3 is 0 Å². The number of hydrogen-bond acceptors (Lipinski definition) is 4. The first-order chi connectivity index (χ1) is 11.1. The second kappa shape index (κ2) is 8.56. The van der Waals surface area contributed by atoms with Crippen LogP contribution in [-0.2, 0) is 6.42 Å². The van der Waals surface area contributed by atoms with Gasteiger partial charge in [-0.3, -0.25) is 0 Å². The fourth-order valence-electron chi connectivity index (χ4n) is 2.52. The van der Waals surface area contributed by atoms with Crippen molar-refractivity contribution in [2.45, 2.75) is 31.9 Å². The minimum atomic E-state index is -0.590. The topological polar surface area (TPSA) is 61.7 Å². The Morgan fingerprint density at radius 1 is 1.13 bits per heavy atom. The number of aliphatic hydroxyl groups is 1. The number of benzene rings is 2. The number of methoxy groups -OCH3 is 1. The van der Waals surface area contributed by atoms with Crippen LogP contribution in [0.5, 0.6) is 11.5 Å². The summed E-state index contributed by atoms with van der Waals surface area (Å²) >= 11 is 0. The molecule has 0 amide bonds. The second-order valence-corrected chi connectivity index (χ2v) is 5.73. The van der Waals surface area contributed by atoms with E-state index in [4.69, 9.17) is 4.74 Å². The minimum absolute atomic E-state index is 0.0511. The number of phenols is 1. The highest BCUT2D eigenvalue weighted by Crippen LogP contribution is 2.19. The van der Waals surface area contributed by atoms with E-state index >= 15 is 0 Å². The summed E-state index contributed by atoms with van der Waals surface area (Å²) in [4.78, 5) is 0. The maximum atomic E-state index is 10.3. The molecule has 0 spiro atoms. The average Bonchev–Trinajstić information content (AvgIpc) is 2.58. The van der Waals surface area contributed by atoms with Crippen molar-refractivity contribution in [1.82, 2.24) is 5.32 Å². The van der Waals surface area contributed by atoms with Gasteiger partial charge in [0.05, 0.1) is 13.2 Å². The van der Waals surface area contributed by atoms with Crippen LogP contribution in [0.3, 0.4) is 0 Å². The third-order valence-corrected chi connectivity index (χ3v) is 3.95. The Morgan fingerprint density at radius 3 is 2.57 bits per heavy atom. The van der Waals surface area contributed by atoms with E-state index in [0.29, 0.717) is 0 Å². The molecule has 23 heavy (non-hydrogen) atoms. The number of aromatic hydroxyl groups is 1. The normalized spacial score (nSPS) is 13.5. The molecule has 3 N–H and O–H groups in total. The third-order valence-electron chi connectivity index (χ3n) is 3.95. The zero-order chi connectivity index (χ0) is 16.7. The molecule has 0 radical (unpaired) electrons. The van der Waals surface area contributed by atoms with Gasteiger partial charge < -0.3 is 20.3 Å². The van der Waals surface area contributed by atoms with Crippen LogP contribution in [0.1, 0.15) is 30.6 Å². The lowest BCUT2D eigenvalue weighted by molar-refractivity contribution is 0.136. The molecular formula is C19H25NO3. The Morgan fingerprint density at radius 2 is 1.87 bits per heavy atom. The molecule has 2 aromatic rings. The summed E-state index contributed by atoms with van der Waals surface area (Å²) in [6.45, 7) is 2.79. The molecule has 0 aliphatic carbocycles. The van der Waals surface area contributed by atoms with E-state index in [1.54, 1.807) is 31.4 Å². The molecule has 4 nitrogen and oxygen atoms in total. The monoisotopic (exact) mass is 315 g/mol. The van der Waals surface area contributed by atoms with Crippen LogP contribution in [0.4, 0.5) is 0 Å². The Bertz CT molecular complexity index is 598. The molecular weight excluding hydrogens is 290 g/mol. The highest BCUT2D eigenvalue weighted by molar-refractivity contribution is 5.29. The molecule has 0 aromatic heterocycles. The van der Waals surface area contributed by atoms with Gasteiger partial charge in [0, 0.05) is 6.04 Å². The van der Waals surface area contributed by atoms with Gasteiger partial charge in [0.15, 0.2) is 0 Å². The van der Waals surface area contributed by atoms with Crippen molar-refractivity contribution >= 4 is 0 Å². The number of aryl methyl sites for hydroxylation is 1. The fourth-order valence-corrected chi connectivity index (χ4v) is 2.52. The summed E-state index contributed by atoms with van der Waals surface area (Å²) in [7, 11) is 1.67. The minimum Gasteiger partial charge on any atom is -0.508 e. The first-order valence-electron chi connectivity index (χ1n) is 7.93. The van der Waals surface area contributed by atoms with Gasteiger partial charge in [-0.25, -0.2) is 0 Å². The molecule has 124 valence electrons. The molecule has 2 unspecified atom stereocenters. The lowest BCUT2D eigenvalue weighted by atomic mass is 10.0. The van der Waals surface area contributed by atoms with Crippen molar-refractivity contribution in [2.24, 2.45) is 0 Å². The van der Waals surface area contributed by atoms with E-state index in [1.165, 1.54) is 5.56 Å². The van der Waals surface area contributed by atoms with Gasteiger partial charge in [0.25, 0.3) is 0 Å². The van der Waals surface area contributed by atoms with E-state index in [1.807, 2.05) is 19.1 Å². The number of nitrogens with one attached hydrogen (secondary N) is 1. The van der Waals surface area contributed by atoms with E-state index in [0.717, 1.165) is 30.7 Å². The lowest BCUT2D eigenvalue weighted by Crippen LogP contribution is -2.33. The number of aliphatic hydroxyl groups excluding tert-OH is 1. The molecule has 0 saturated heterocycles. The second-order valence-electron chi connectivity index (χ2n) is 5.73. The van der Waals surface area contributed by atoms with Crippen molar-refractivity contribution in [2.75, 3.05) is 13.7 Å². The van der Waals surface area contributed by atoms with Crippen LogP contribution in [-0.4, -0.2) is 29.9 Å². The first kappa shape index (κ1) is 17.3. The molecule has 0 saturated carbocycles. The van der Waals surface area contributed by atoms with Gasteiger partial charge in [-0.15, -0.1) is 0 Å². The van der Waals surface area contributed by atoms with Crippen LogP contribution in [0.15, 0.2) is 48.5 Å². The Hall–Kier alpha value is -2.04. The van der Waals surface area contributed by atoms with Gasteiger partial charge in [-0.1, -0.05) is 24.3 Å². The lowest BCUT2D eigenvalue weighted by Gasteiger charge is -2.20. The standard InChI is InChI=1S/C19H25NO3/c1-14(19(22)16-8-10-17(21)11-9-16)20-12-4-6-15-5-3-7-18(13-15)23-2/h3,5,7-11,13-14,19-22H,4,6,12H2,1-2H3. The maximum absolute atomic E-state index is 10.3. The van der Waals surface area contributed by atoms with Crippen molar-refractivity contribution < 1.29 is 14.9 Å². The van der Waals surface area contributed by atoms with Crippen LogP contribution in [0, 0.1) is 0 Å². The van der Waals surface area contributed by atoms with Gasteiger partial charge in [0.1, 0.15) is 11.5 Å². The zero-order valence-corrected chi connectivity index (χ0v) is 13.7. The molecule has 0 fully saturated rings. The number of hydrogen-bond donors (Lipinski definition) is 3. The summed E-state index contributed by atoms with van der Waals surface area (Å²) in [5, 5.41) is 22.9. The highest BCUT2D eigenvalue weighted by atomic mass is 16.5. The number of phenolic OH excluding ortho intramolecular Hbond substituents is 1. The predicted molar refractivity (Wildman–Crippen MR) is 91.8 cm³/mol. The number of rotatable bonds is 8. The van der Waals surface area contributed by atoms with Gasteiger partial charge in [-0.05, 0) is 61.7 Å². The molecule has 2 aromatic carbocycles. The Labute approximate surface area is 137 Å².